The smallest absolute Gasteiger partial charge is 0.238 e. The van der Waals surface area contributed by atoms with Crippen LogP contribution in [0.2, 0.25) is 0 Å². The number of anilines is 3. The molecule has 2 heterocycles. The molecule has 1 N–H and O–H groups in total. The molecule has 2 aromatic carbocycles. The van der Waals surface area contributed by atoms with Gasteiger partial charge in [0, 0.05) is 69.4 Å². The Kier molecular flexibility index (Phi) is 7.33. The lowest BCUT2D eigenvalue weighted by Crippen LogP contribution is -2.48. The van der Waals surface area contributed by atoms with Crippen molar-refractivity contribution in [2.75, 3.05) is 80.6 Å². The average molecular weight is 436 g/mol. The van der Waals surface area contributed by atoms with Gasteiger partial charge in [-0.15, -0.1) is 0 Å². The second-order valence-electron chi connectivity index (χ2n) is 9.00. The number of likely N-dealkylation sites (N-methyl/N-ethyl adjacent to an activating group) is 1. The molecule has 2 fully saturated rings. The molecular weight excluding hydrogens is 398 g/mol. The number of rotatable bonds is 6. The lowest BCUT2D eigenvalue weighted by Gasteiger charge is -2.36. The molecule has 2 aliphatic heterocycles. The Labute approximate surface area is 192 Å². The zero-order valence-electron chi connectivity index (χ0n) is 19.8. The second kappa shape index (κ2) is 10.4. The van der Waals surface area contributed by atoms with Crippen molar-refractivity contribution < 1.29 is 4.79 Å². The van der Waals surface area contributed by atoms with Gasteiger partial charge in [0.2, 0.25) is 5.91 Å². The Morgan fingerprint density at radius 3 is 2.09 bits per heavy atom. The molecule has 0 aromatic heterocycles. The van der Waals surface area contributed by atoms with E-state index in [9.17, 15) is 4.79 Å². The maximum absolute atomic E-state index is 12.6. The van der Waals surface area contributed by atoms with Gasteiger partial charge in [0.25, 0.3) is 0 Å². The van der Waals surface area contributed by atoms with Crippen LogP contribution in [0.5, 0.6) is 0 Å². The standard InChI is InChI=1S/C26H37N5O/c1-4-28-12-16-30(17-13-28)24-10-8-23(9-11-24)27-26(32)20-29-14-18-31(19-15-29)25-7-5-6-21(2)22(25)3/h5-11H,4,12-20H2,1-3H3,(H,27,32). The molecule has 6 heteroatoms. The number of piperazine rings is 2. The highest BCUT2D eigenvalue weighted by Crippen LogP contribution is 2.24. The molecule has 0 bridgehead atoms. The van der Waals surface area contributed by atoms with Crippen LogP contribution in [0.1, 0.15) is 18.1 Å². The van der Waals surface area contributed by atoms with Gasteiger partial charge >= 0.3 is 0 Å². The van der Waals surface area contributed by atoms with E-state index in [4.69, 9.17) is 0 Å². The van der Waals surface area contributed by atoms with Gasteiger partial charge in [-0.3, -0.25) is 9.69 Å². The van der Waals surface area contributed by atoms with Crippen LogP contribution in [0.15, 0.2) is 42.5 Å². The van der Waals surface area contributed by atoms with Gasteiger partial charge in [-0.1, -0.05) is 19.1 Å². The van der Waals surface area contributed by atoms with Crippen molar-refractivity contribution in [3.8, 4) is 0 Å². The highest BCUT2D eigenvalue weighted by atomic mass is 16.2. The number of carbonyl (C=O) groups excluding carboxylic acids is 1. The number of hydrogen-bond donors (Lipinski definition) is 1. The summed E-state index contributed by atoms with van der Waals surface area (Å²) in [5, 5.41) is 3.07. The third kappa shape index (κ3) is 5.43. The molecular formula is C26H37N5O. The first kappa shape index (κ1) is 22.6. The van der Waals surface area contributed by atoms with Crippen LogP contribution >= 0.6 is 0 Å². The molecule has 2 aromatic rings. The Morgan fingerprint density at radius 2 is 1.44 bits per heavy atom. The Hall–Kier alpha value is -2.57. The summed E-state index contributed by atoms with van der Waals surface area (Å²) in [6.07, 6.45) is 0. The minimum absolute atomic E-state index is 0.0643. The summed E-state index contributed by atoms with van der Waals surface area (Å²) < 4.78 is 0. The van der Waals surface area contributed by atoms with Gasteiger partial charge < -0.3 is 20.0 Å². The number of nitrogens with zero attached hydrogens (tertiary/aromatic N) is 4. The predicted molar refractivity (Wildman–Crippen MR) is 134 cm³/mol. The molecule has 0 unspecified atom stereocenters. The normalized spacial score (nSPS) is 18.1. The van der Waals surface area contributed by atoms with Gasteiger partial charge in [-0.05, 0) is 61.9 Å². The first-order valence-electron chi connectivity index (χ1n) is 11.9. The van der Waals surface area contributed by atoms with Crippen LogP contribution < -0.4 is 15.1 Å². The van der Waals surface area contributed by atoms with Crippen molar-refractivity contribution in [1.82, 2.24) is 9.80 Å². The van der Waals surface area contributed by atoms with E-state index < -0.39 is 0 Å². The first-order chi connectivity index (χ1) is 15.5. The minimum atomic E-state index is 0.0643. The number of carbonyl (C=O) groups is 1. The fraction of sp³-hybridized carbons (Fsp3) is 0.500. The van der Waals surface area contributed by atoms with Crippen LogP contribution in [0, 0.1) is 13.8 Å². The van der Waals surface area contributed by atoms with Crippen LogP contribution in [-0.2, 0) is 4.79 Å². The minimum Gasteiger partial charge on any atom is -0.369 e. The molecule has 4 rings (SSSR count). The molecule has 0 saturated carbocycles. The highest BCUT2D eigenvalue weighted by Gasteiger charge is 2.21. The van der Waals surface area contributed by atoms with E-state index in [1.165, 1.54) is 22.5 Å². The van der Waals surface area contributed by atoms with Crippen molar-refractivity contribution in [3.63, 3.8) is 0 Å². The molecule has 0 spiro atoms. The maximum atomic E-state index is 12.6. The topological polar surface area (TPSA) is 42.1 Å². The van der Waals surface area contributed by atoms with Crippen LogP contribution in [0.4, 0.5) is 17.1 Å². The molecule has 6 nitrogen and oxygen atoms in total. The van der Waals surface area contributed by atoms with Crippen molar-refractivity contribution in [2.24, 2.45) is 0 Å². The third-order valence-electron chi connectivity index (χ3n) is 6.99. The number of nitrogens with one attached hydrogen (secondary N) is 1. The summed E-state index contributed by atoms with van der Waals surface area (Å²) in [7, 11) is 0. The fourth-order valence-electron chi connectivity index (χ4n) is 4.71. The Morgan fingerprint density at radius 1 is 0.812 bits per heavy atom. The van der Waals surface area contributed by atoms with Crippen LogP contribution in [0.25, 0.3) is 0 Å². The SMILES string of the molecule is CCN1CCN(c2ccc(NC(=O)CN3CCN(c4cccc(C)c4C)CC3)cc2)CC1. The lowest BCUT2D eigenvalue weighted by molar-refractivity contribution is -0.117. The van der Waals surface area contributed by atoms with Crippen molar-refractivity contribution in [3.05, 3.63) is 53.6 Å². The second-order valence-corrected chi connectivity index (χ2v) is 9.00. The number of amides is 1. The predicted octanol–water partition coefficient (Wildman–Crippen LogP) is 3.21. The fourth-order valence-corrected chi connectivity index (χ4v) is 4.71. The van der Waals surface area contributed by atoms with Crippen molar-refractivity contribution in [2.45, 2.75) is 20.8 Å². The molecule has 32 heavy (non-hydrogen) atoms. The lowest BCUT2D eigenvalue weighted by atomic mass is 10.1. The number of aryl methyl sites for hydroxylation is 1. The summed E-state index contributed by atoms with van der Waals surface area (Å²) in [5.74, 6) is 0.0643. The van der Waals surface area contributed by atoms with E-state index >= 15 is 0 Å². The Bertz CT molecular complexity index is 897. The summed E-state index contributed by atoms with van der Waals surface area (Å²) in [4.78, 5) is 22.2. The number of benzene rings is 2. The quantitative estimate of drug-likeness (QED) is 0.755. The van der Waals surface area contributed by atoms with Gasteiger partial charge in [0.1, 0.15) is 0 Å². The van der Waals surface area contributed by atoms with Gasteiger partial charge in [-0.25, -0.2) is 0 Å². The van der Waals surface area contributed by atoms with Gasteiger partial charge in [-0.2, -0.15) is 0 Å². The van der Waals surface area contributed by atoms with E-state index in [0.717, 1.165) is 64.6 Å². The molecule has 0 radical (unpaired) electrons. The van der Waals surface area contributed by atoms with E-state index in [0.29, 0.717) is 6.54 Å². The molecule has 0 atom stereocenters. The van der Waals surface area contributed by atoms with Crippen LogP contribution in [0.3, 0.4) is 0 Å². The monoisotopic (exact) mass is 435 g/mol. The van der Waals surface area contributed by atoms with Crippen LogP contribution in [-0.4, -0.2) is 81.2 Å². The summed E-state index contributed by atoms with van der Waals surface area (Å²) >= 11 is 0. The molecule has 1 amide bonds. The number of hydrogen-bond acceptors (Lipinski definition) is 5. The molecule has 172 valence electrons. The Balaban J connectivity index is 1.23. The molecule has 0 aliphatic carbocycles. The van der Waals surface area contributed by atoms with E-state index in [1.807, 2.05) is 12.1 Å². The zero-order chi connectivity index (χ0) is 22.5. The van der Waals surface area contributed by atoms with E-state index in [-0.39, 0.29) is 5.91 Å². The zero-order valence-corrected chi connectivity index (χ0v) is 19.8. The third-order valence-corrected chi connectivity index (χ3v) is 6.99. The molecule has 2 aliphatic rings. The largest absolute Gasteiger partial charge is 0.369 e. The maximum Gasteiger partial charge on any atom is 0.238 e. The summed E-state index contributed by atoms with van der Waals surface area (Å²) in [6, 6.07) is 14.8. The summed E-state index contributed by atoms with van der Waals surface area (Å²) in [5.41, 5.74) is 6.12. The highest BCUT2D eigenvalue weighted by molar-refractivity contribution is 5.92. The first-order valence-corrected chi connectivity index (χ1v) is 11.9. The summed E-state index contributed by atoms with van der Waals surface area (Å²) in [6.45, 7) is 16.2. The molecule has 2 saturated heterocycles. The van der Waals surface area contributed by atoms with E-state index in [1.54, 1.807) is 0 Å². The van der Waals surface area contributed by atoms with Crippen molar-refractivity contribution >= 4 is 23.0 Å². The van der Waals surface area contributed by atoms with Gasteiger partial charge in [0.15, 0.2) is 0 Å². The average Bonchev–Trinajstić information content (AvgIpc) is 2.82. The van der Waals surface area contributed by atoms with Crippen molar-refractivity contribution in [1.29, 1.82) is 0 Å². The van der Waals surface area contributed by atoms with E-state index in [2.05, 4.69) is 76.0 Å². The van der Waals surface area contributed by atoms with Gasteiger partial charge in [0.05, 0.1) is 6.54 Å².